The Kier molecular flexibility index (Phi) is 5.85. The van der Waals surface area contributed by atoms with Gasteiger partial charge in [-0.05, 0) is 31.5 Å². The standard InChI is InChI=1S/C15H23N3O/c19-15(17-12-14-6-2-1-3-7-14)13-16-8-11-18-9-4-5-10-18/h1-3,6-7,16H,4-5,8-13H2,(H,17,19). The first-order valence-electron chi connectivity index (χ1n) is 7.08. The summed E-state index contributed by atoms with van der Waals surface area (Å²) in [6.45, 7) is 5.36. The van der Waals surface area contributed by atoms with Crippen LogP contribution in [0, 0.1) is 0 Å². The second kappa shape index (κ2) is 7.92. The maximum Gasteiger partial charge on any atom is 0.234 e. The van der Waals surface area contributed by atoms with Crippen LogP contribution in [-0.4, -0.2) is 43.5 Å². The summed E-state index contributed by atoms with van der Waals surface area (Å²) in [5.74, 6) is 0.0604. The number of rotatable bonds is 7. The number of nitrogens with one attached hydrogen (secondary N) is 2. The van der Waals surface area contributed by atoms with Crippen molar-refractivity contribution in [2.75, 3.05) is 32.7 Å². The summed E-state index contributed by atoms with van der Waals surface area (Å²) < 4.78 is 0. The Hall–Kier alpha value is -1.39. The number of carbonyl (C=O) groups excluding carboxylic acids is 1. The van der Waals surface area contributed by atoms with Crippen molar-refractivity contribution >= 4 is 5.91 Å². The van der Waals surface area contributed by atoms with Gasteiger partial charge in [-0.15, -0.1) is 0 Å². The van der Waals surface area contributed by atoms with Crippen molar-refractivity contribution in [3.05, 3.63) is 35.9 Å². The molecule has 104 valence electrons. The molecule has 1 aliphatic heterocycles. The zero-order chi connectivity index (χ0) is 13.3. The van der Waals surface area contributed by atoms with E-state index in [4.69, 9.17) is 0 Å². The van der Waals surface area contributed by atoms with E-state index < -0.39 is 0 Å². The molecule has 2 rings (SSSR count). The van der Waals surface area contributed by atoms with Gasteiger partial charge in [0.05, 0.1) is 6.54 Å². The number of nitrogens with zero attached hydrogens (tertiary/aromatic N) is 1. The lowest BCUT2D eigenvalue weighted by Crippen LogP contribution is -2.37. The van der Waals surface area contributed by atoms with Gasteiger partial charge in [-0.3, -0.25) is 4.79 Å². The summed E-state index contributed by atoms with van der Waals surface area (Å²) in [6, 6.07) is 9.97. The quantitative estimate of drug-likeness (QED) is 0.719. The lowest BCUT2D eigenvalue weighted by Gasteiger charge is -2.14. The van der Waals surface area contributed by atoms with Crippen molar-refractivity contribution in [2.24, 2.45) is 0 Å². The van der Waals surface area contributed by atoms with Gasteiger partial charge in [-0.25, -0.2) is 0 Å². The van der Waals surface area contributed by atoms with Crippen molar-refractivity contribution in [1.82, 2.24) is 15.5 Å². The van der Waals surface area contributed by atoms with E-state index in [1.807, 2.05) is 30.3 Å². The first-order valence-corrected chi connectivity index (χ1v) is 7.08. The zero-order valence-corrected chi connectivity index (χ0v) is 11.4. The van der Waals surface area contributed by atoms with E-state index >= 15 is 0 Å². The smallest absolute Gasteiger partial charge is 0.234 e. The third-order valence-electron chi connectivity index (χ3n) is 3.42. The Balaban J connectivity index is 1.52. The van der Waals surface area contributed by atoms with Crippen molar-refractivity contribution in [1.29, 1.82) is 0 Å². The highest BCUT2D eigenvalue weighted by molar-refractivity contribution is 5.77. The summed E-state index contributed by atoms with van der Waals surface area (Å²) in [6.07, 6.45) is 2.63. The van der Waals surface area contributed by atoms with Crippen LogP contribution in [0.1, 0.15) is 18.4 Å². The second-order valence-electron chi connectivity index (χ2n) is 4.99. The summed E-state index contributed by atoms with van der Waals surface area (Å²) >= 11 is 0. The predicted molar refractivity (Wildman–Crippen MR) is 76.8 cm³/mol. The topological polar surface area (TPSA) is 44.4 Å². The van der Waals surface area contributed by atoms with Gasteiger partial charge in [0.1, 0.15) is 0 Å². The lowest BCUT2D eigenvalue weighted by atomic mass is 10.2. The average Bonchev–Trinajstić information content (AvgIpc) is 2.96. The number of hydrogen-bond acceptors (Lipinski definition) is 3. The molecule has 0 radical (unpaired) electrons. The Morgan fingerprint density at radius 3 is 2.63 bits per heavy atom. The molecule has 0 bridgehead atoms. The van der Waals surface area contributed by atoms with E-state index in [0.29, 0.717) is 13.1 Å². The van der Waals surface area contributed by atoms with Crippen LogP contribution in [0.5, 0.6) is 0 Å². The van der Waals surface area contributed by atoms with Crippen molar-refractivity contribution in [3.8, 4) is 0 Å². The number of carbonyl (C=O) groups is 1. The molecule has 4 heteroatoms. The summed E-state index contributed by atoms with van der Waals surface area (Å²) in [5, 5.41) is 6.11. The summed E-state index contributed by atoms with van der Waals surface area (Å²) in [5.41, 5.74) is 1.13. The molecule has 2 N–H and O–H groups in total. The van der Waals surface area contributed by atoms with E-state index in [0.717, 1.165) is 18.7 Å². The molecule has 0 aliphatic carbocycles. The van der Waals surface area contributed by atoms with Crippen LogP contribution in [0.25, 0.3) is 0 Å². The molecule has 0 aromatic heterocycles. The van der Waals surface area contributed by atoms with Crippen LogP contribution < -0.4 is 10.6 Å². The van der Waals surface area contributed by atoms with E-state index in [2.05, 4.69) is 15.5 Å². The van der Waals surface area contributed by atoms with Crippen molar-refractivity contribution in [2.45, 2.75) is 19.4 Å². The molecule has 1 aromatic rings. The van der Waals surface area contributed by atoms with Gasteiger partial charge in [0.2, 0.25) is 5.91 Å². The van der Waals surface area contributed by atoms with E-state index in [9.17, 15) is 4.79 Å². The molecular formula is C15H23N3O. The summed E-state index contributed by atoms with van der Waals surface area (Å²) in [4.78, 5) is 14.1. The van der Waals surface area contributed by atoms with Crippen LogP contribution in [0.3, 0.4) is 0 Å². The maximum absolute atomic E-state index is 11.6. The van der Waals surface area contributed by atoms with Crippen molar-refractivity contribution < 1.29 is 4.79 Å². The molecule has 19 heavy (non-hydrogen) atoms. The second-order valence-corrected chi connectivity index (χ2v) is 4.99. The van der Waals surface area contributed by atoms with E-state index in [1.54, 1.807) is 0 Å². The Labute approximate surface area is 115 Å². The zero-order valence-electron chi connectivity index (χ0n) is 11.4. The highest BCUT2D eigenvalue weighted by Crippen LogP contribution is 2.05. The number of amides is 1. The molecule has 0 saturated carbocycles. The predicted octanol–water partition coefficient (Wildman–Crippen LogP) is 0.988. The number of benzene rings is 1. The largest absolute Gasteiger partial charge is 0.351 e. The third-order valence-corrected chi connectivity index (χ3v) is 3.42. The highest BCUT2D eigenvalue weighted by Gasteiger charge is 2.10. The van der Waals surface area contributed by atoms with Crippen LogP contribution in [-0.2, 0) is 11.3 Å². The van der Waals surface area contributed by atoms with E-state index in [1.165, 1.54) is 25.9 Å². The minimum atomic E-state index is 0.0604. The molecule has 0 spiro atoms. The first kappa shape index (κ1) is 14.0. The number of hydrogen-bond donors (Lipinski definition) is 2. The SMILES string of the molecule is O=C(CNCCN1CCCC1)NCc1ccccc1. The molecule has 1 fully saturated rings. The first-order chi connectivity index (χ1) is 9.34. The highest BCUT2D eigenvalue weighted by atomic mass is 16.1. The molecule has 1 aromatic carbocycles. The van der Waals surface area contributed by atoms with Gasteiger partial charge in [0.25, 0.3) is 0 Å². The lowest BCUT2D eigenvalue weighted by molar-refractivity contribution is -0.120. The molecule has 1 amide bonds. The fourth-order valence-corrected chi connectivity index (χ4v) is 2.30. The fraction of sp³-hybridized carbons (Fsp3) is 0.533. The van der Waals surface area contributed by atoms with Crippen molar-refractivity contribution in [3.63, 3.8) is 0 Å². The Morgan fingerprint density at radius 1 is 1.16 bits per heavy atom. The molecular weight excluding hydrogens is 238 g/mol. The maximum atomic E-state index is 11.6. The monoisotopic (exact) mass is 261 g/mol. The average molecular weight is 261 g/mol. The van der Waals surface area contributed by atoms with Crippen LogP contribution >= 0.6 is 0 Å². The number of likely N-dealkylation sites (tertiary alicyclic amines) is 1. The molecule has 4 nitrogen and oxygen atoms in total. The summed E-state index contributed by atoms with van der Waals surface area (Å²) in [7, 11) is 0. The van der Waals surface area contributed by atoms with Gasteiger partial charge >= 0.3 is 0 Å². The van der Waals surface area contributed by atoms with Gasteiger partial charge in [-0.2, -0.15) is 0 Å². The van der Waals surface area contributed by atoms with Gasteiger partial charge in [-0.1, -0.05) is 30.3 Å². The minimum Gasteiger partial charge on any atom is -0.351 e. The van der Waals surface area contributed by atoms with E-state index in [-0.39, 0.29) is 5.91 Å². The molecule has 1 aliphatic rings. The van der Waals surface area contributed by atoms with Gasteiger partial charge < -0.3 is 15.5 Å². The molecule has 0 unspecified atom stereocenters. The molecule has 0 atom stereocenters. The van der Waals surface area contributed by atoms with Gasteiger partial charge in [0, 0.05) is 19.6 Å². The Bertz CT molecular complexity index is 374. The minimum absolute atomic E-state index is 0.0604. The molecule has 1 heterocycles. The van der Waals surface area contributed by atoms with Gasteiger partial charge in [0.15, 0.2) is 0 Å². The fourth-order valence-electron chi connectivity index (χ4n) is 2.30. The Morgan fingerprint density at radius 2 is 1.89 bits per heavy atom. The third kappa shape index (κ3) is 5.41. The van der Waals surface area contributed by atoms with Crippen LogP contribution in [0.15, 0.2) is 30.3 Å². The van der Waals surface area contributed by atoms with Crippen LogP contribution in [0.4, 0.5) is 0 Å². The van der Waals surface area contributed by atoms with Crippen LogP contribution in [0.2, 0.25) is 0 Å². The molecule has 1 saturated heterocycles. The normalized spacial score (nSPS) is 15.6.